The molecular formula is C6H13NSi. The molecule has 0 aliphatic carbocycles. The van der Waals surface area contributed by atoms with E-state index in [0.29, 0.717) is 0 Å². The van der Waals surface area contributed by atoms with Gasteiger partial charge in [-0.05, 0) is 5.20 Å². The van der Waals surface area contributed by atoms with Gasteiger partial charge in [-0.1, -0.05) is 26.2 Å². The lowest BCUT2D eigenvalue weighted by Gasteiger charge is -2.13. The molecule has 0 fully saturated rings. The minimum absolute atomic E-state index is 1.01. The summed E-state index contributed by atoms with van der Waals surface area (Å²) in [6.07, 6.45) is 1.37. The fourth-order valence-corrected chi connectivity index (χ4v) is 0.650. The number of rotatable bonds is 2. The van der Waals surface area contributed by atoms with Gasteiger partial charge in [0.1, 0.15) is 0 Å². The maximum absolute atomic E-state index is 6.87. The Labute approximate surface area is 51.9 Å². The highest BCUT2D eigenvalue weighted by molar-refractivity contribution is 6.86. The van der Waals surface area contributed by atoms with Crippen LogP contribution in [0.15, 0.2) is 11.8 Å². The third-order valence-electron chi connectivity index (χ3n) is 1.14. The van der Waals surface area contributed by atoms with E-state index in [1.54, 1.807) is 0 Å². The third kappa shape index (κ3) is 2.07. The van der Waals surface area contributed by atoms with Gasteiger partial charge in [0.2, 0.25) is 0 Å². The predicted molar refractivity (Wildman–Crippen MR) is 41.3 cm³/mol. The topological polar surface area (TPSA) is 23.9 Å². The zero-order chi connectivity index (χ0) is 6.78. The second-order valence-corrected chi connectivity index (χ2v) is 8.06. The molecule has 0 aromatic carbocycles. The maximum atomic E-state index is 6.87. The van der Waals surface area contributed by atoms with Gasteiger partial charge in [-0.2, -0.15) is 0 Å². The van der Waals surface area contributed by atoms with E-state index >= 15 is 0 Å². The molecule has 0 spiro atoms. The molecule has 46 valence electrons. The van der Waals surface area contributed by atoms with Gasteiger partial charge in [0.25, 0.3) is 0 Å². The molecule has 0 rings (SSSR count). The first kappa shape index (κ1) is 7.63. The molecule has 8 heavy (non-hydrogen) atoms. The summed E-state index contributed by atoms with van der Waals surface area (Å²) in [6.45, 7) is 10.3. The average Bonchev–Trinajstić information content (AvgIpc) is 1.62. The van der Waals surface area contributed by atoms with E-state index in [9.17, 15) is 0 Å². The summed E-state index contributed by atoms with van der Waals surface area (Å²) in [4.78, 5) is 0. The lowest BCUT2D eigenvalue weighted by molar-refractivity contribution is 1.56. The van der Waals surface area contributed by atoms with Crippen molar-refractivity contribution in [3.63, 3.8) is 0 Å². The Morgan fingerprint density at radius 1 is 1.50 bits per heavy atom. The van der Waals surface area contributed by atoms with Gasteiger partial charge in [0.15, 0.2) is 0 Å². The normalized spacial score (nSPS) is 10.9. The van der Waals surface area contributed by atoms with Gasteiger partial charge in [-0.15, -0.1) is 0 Å². The number of nitrogens with one attached hydrogen (secondary N) is 1. The molecule has 0 aromatic heterocycles. The van der Waals surface area contributed by atoms with Crippen molar-refractivity contribution >= 4 is 14.3 Å². The summed E-state index contributed by atoms with van der Waals surface area (Å²) in [6, 6.07) is 0. The van der Waals surface area contributed by atoms with Crippen LogP contribution in [0.4, 0.5) is 0 Å². The molecule has 0 radical (unpaired) electrons. The van der Waals surface area contributed by atoms with E-state index in [0.717, 1.165) is 5.20 Å². The van der Waals surface area contributed by atoms with Crippen molar-refractivity contribution < 1.29 is 0 Å². The van der Waals surface area contributed by atoms with Crippen LogP contribution in [-0.4, -0.2) is 14.3 Å². The average molecular weight is 127 g/mol. The number of allylic oxidation sites excluding steroid dienone is 1. The lowest BCUT2D eigenvalue weighted by Crippen LogP contribution is -2.23. The molecule has 0 unspecified atom stereocenters. The molecule has 0 atom stereocenters. The monoisotopic (exact) mass is 127 g/mol. The van der Waals surface area contributed by atoms with Crippen LogP contribution in [0.1, 0.15) is 0 Å². The number of hydrogen-bond acceptors (Lipinski definition) is 1. The van der Waals surface area contributed by atoms with Crippen LogP contribution in [0.5, 0.6) is 0 Å². The van der Waals surface area contributed by atoms with Crippen molar-refractivity contribution in [2.24, 2.45) is 0 Å². The molecule has 1 nitrogen and oxygen atoms in total. The zero-order valence-electron chi connectivity index (χ0n) is 5.78. The van der Waals surface area contributed by atoms with E-state index in [2.05, 4.69) is 26.2 Å². The lowest BCUT2D eigenvalue weighted by atomic mass is 10.7. The van der Waals surface area contributed by atoms with Gasteiger partial charge in [0.05, 0.1) is 8.07 Å². The standard InChI is InChI=1S/C6H13NSi/c1-6(5-7)8(2,3)4/h5,7H,1H2,2-4H3. The first-order valence-corrected chi connectivity index (χ1v) is 6.18. The Kier molecular flexibility index (Phi) is 2.16. The van der Waals surface area contributed by atoms with Crippen LogP contribution in [0.25, 0.3) is 0 Å². The summed E-state index contributed by atoms with van der Waals surface area (Å²) in [7, 11) is -1.20. The van der Waals surface area contributed by atoms with Gasteiger partial charge >= 0.3 is 0 Å². The van der Waals surface area contributed by atoms with Crippen molar-refractivity contribution in [1.82, 2.24) is 0 Å². The highest BCUT2D eigenvalue weighted by Crippen LogP contribution is 2.08. The first-order chi connectivity index (χ1) is 3.48. The van der Waals surface area contributed by atoms with E-state index in [1.807, 2.05) is 0 Å². The van der Waals surface area contributed by atoms with Crippen molar-refractivity contribution in [1.29, 1.82) is 5.41 Å². The Hall–Kier alpha value is -0.373. The summed E-state index contributed by atoms with van der Waals surface area (Å²) in [5.41, 5.74) is 0. The zero-order valence-corrected chi connectivity index (χ0v) is 6.78. The van der Waals surface area contributed by atoms with Crippen LogP contribution in [0.2, 0.25) is 19.6 Å². The predicted octanol–water partition coefficient (Wildman–Crippen LogP) is 2.07. The second kappa shape index (κ2) is 2.26. The first-order valence-electron chi connectivity index (χ1n) is 2.68. The minimum atomic E-state index is -1.20. The quantitative estimate of drug-likeness (QED) is 0.434. The molecule has 0 amide bonds. The molecule has 0 saturated heterocycles. The Morgan fingerprint density at radius 3 is 1.88 bits per heavy atom. The molecule has 0 heterocycles. The Bertz CT molecular complexity index is 110. The maximum Gasteiger partial charge on any atom is 0.0788 e. The Morgan fingerprint density at radius 2 is 1.88 bits per heavy atom. The van der Waals surface area contributed by atoms with Crippen molar-refractivity contribution in [3.8, 4) is 0 Å². The fourth-order valence-electron chi connectivity index (χ4n) is 0.217. The minimum Gasteiger partial charge on any atom is -0.309 e. The molecule has 0 aliphatic heterocycles. The summed E-state index contributed by atoms with van der Waals surface area (Å²) < 4.78 is 0. The van der Waals surface area contributed by atoms with E-state index in [4.69, 9.17) is 5.41 Å². The summed E-state index contributed by atoms with van der Waals surface area (Å²) in [5.74, 6) is 0. The van der Waals surface area contributed by atoms with Gasteiger partial charge in [0, 0.05) is 6.21 Å². The second-order valence-electron chi connectivity index (χ2n) is 2.92. The van der Waals surface area contributed by atoms with Crippen LogP contribution in [0.3, 0.4) is 0 Å². The Balaban J connectivity index is 4.02. The summed E-state index contributed by atoms with van der Waals surface area (Å²) in [5, 5.41) is 7.89. The molecule has 2 heteroatoms. The van der Waals surface area contributed by atoms with Crippen molar-refractivity contribution in [2.45, 2.75) is 19.6 Å². The highest BCUT2D eigenvalue weighted by atomic mass is 28.3. The van der Waals surface area contributed by atoms with Gasteiger partial charge in [-0.25, -0.2) is 0 Å². The van der Waals surface area contributed by atoms with Crippen LogP contribution in [-0.2, 0) is 0 Å². The van der Waals surface area contributed by atoms with E-state index in [1.165, 1.54) is 6.21 Å². The van der Waals surface area contributed by atoms with Crippen LogP contribution < -0.4 is 0 Å². The molecule has 0 aliphatic rings. The molecular weight excluding hydrogens is 114 g/mol. The van der Waals surface area contributed by atoms with Gasteiger partial charge in [-0.3, -0.25) is 0 Å². The summed E-state index contributed by atoms with van der Waals surface area (Å²) >= 11 is 0. The van der Waals surface area contributed by atoms with E-state index in [-0.39, 0.29) is 0 Å². The smallest absolute Gasteiger partial charge is 0.0788 e. The SMILES string of the molecule is C=C(C=N)[Si](C)(C)C. The van der Waals surface area contributed by atoms with E-state index < -0.39 is 8.07 Å². The fraction of sp³-hybridized carbons (Fsp3) is 0.500. The largest absolute Gasteiger partial charge is 0.309 e. The molecule has 0 aromatic rings. The van der Waals surface area contributed by atoms with Crippen molar-refractivity contribution in [2.75, 3.05) is 0 Å². The number of hydrogen-bond donors (Lipinski definition) is 1. The third-order valence-corrected chi connectivity index (χ3v) is 3.21. The van der Waals surface area contributed by atoms with Crippen LogP contribution in [0, 0.1) is 5.41 Å². The molecule has 0 bridgehead atoms. The van der Waals surface area contributed by atoms with Gasteiger partial charge < -0.3 is 5.41 Å². The molecule has 0 saturated carbocycles. The van der Waals surface area contributed by atoms with Crippen molar-refractivity contribution in [3.05, 3.63) is 11.8 Å². The molecule has 1 N–H and O–H groups in total. The van der Waals surface area contributed by atoms with Crippen LogP contribution >= 0.6 is 0 Å². The highest BCUT2D eigenvalue weighted by Gasteiger charge is 2.14.